The number of benzene rings is 1. The number of hydrogen-bond donors (Lipinski definition) is 1. The number of aromatic amines is 1. The molecule has 0 fully saturated rings. The maximum absolute atomic E-state index is 5.34. The topological polar surface area (TPSA) is 25.0 Å². The Labute approximate surface area is 90.4 Å². The number of hydrogen-bond acceptors (Lipinski definition) is 1. The maximum atomic E-state index is 5.34. The largest absolute Gasteiger partial charge is 0.494 e. The Balaban J connectivity index is 2.85. The lowest BCUT2D eigenvalue weighted by atomic mass is 10.1. The van der Waals surface area contributed by atoms with Crippen LogP contribution in [0, 0.1) is 10.5 Å². The van der Waals surface area contributed by atoms with Gasteiger partial charge in [0.05, 0.1) is 12.6 Å². The van der Waals surface area contributed by atoms with Gasteiger partial charge in [-0.15, -0.1) is 0 Å². The average Bonchev–Trinajstić information content (AvgIpc) is 2.48. The Kier molecular flexibility index (Phi) is 2.19. The van der Waals surface area contributed by atoms with Crippen molar-refractivity contribution in [3.63, 3.8) is 0 Å². The third kappa shape index (κ3) is 1.31. The van der Waals surface area contributed by atoms with Crippen LogP contribution in [-0.4, -0.2) is 12.1 Å². The van der Waals surface area contributed by atoms with Crippen LogP contribution >= 0.6 is 22.6 Å². The van der Waals surface area contributed by atoms with Crippen molar-refractivity contribution in [3.05, 3.63) is 27.5 Å². The summed E-state index contributed by atoms with van der Waals surface area (Å²) < 4.78 is 6.56. The molecule has 3 heteroatoms. The number of methoxy groups -OCH3 is 1. The van der Waals surface area contributed by atoms with Crippen molar-refractivity contribution in [1.82, 2.24) is 4.98 Å². The van der Waals surface area contributed by atoms with Crippen molar-refractivity contribution in [3.8, 4) is 5.75 Å². The summed E-state index contributed by atoms with van der Waals surface area (Å²) in [7, 11) is 1.70. The summed E-state index contributed by atoms with van der Waals surface area (Å²) in [6.07, 6.45) is 1.99. The van der Waals surface area contributed by atoms with Crippen molar-refractivity contribution >= 4 is 33.5 Å². The molecule has 1 aromatic heterocycles. The van der Waals surface area contributed by atoms with Gasteiger partial charge >= 0.3 is 0 Å². The summed E-state index contributed by atoms with van der Waals surface area (Å²) in [5.41, 5.74) is 2.25. The van der Waals surface area contributed by atoms with E-state index in [1.807, 2.05) is 13.1 Å². The summed E-state index contributed by atoms with van der Waals surface area (Å²) >= 11 is 2.31. The van der Waals surface area contributed by atoms with Crippen LogP contribution in [0.25, 0.3) is 10.9 Å². The Morgan fingerprint density at radius 2 is 2.15 bits per heavy atom. The molecule has 2 rings (SSSR count). The fraction of sp³-hybridized carbons (Fsp3) is 0.200. The summed E-state index contributed by atoms with van der Waals surface area (Å²) in [5, 5.41) is 1.23. The van der Waals surface area contributed by atoms with Crippen LogP contribution in [0.2, 0.25) is 0 Å². The van der Waals surface area contributed by atoms with Crippen molar-refractivity contribution in [2.75, 3.05) is 7.11 Å². The number of fused-ring (bicyclic) bond motifs is 1. The lowest BCUT2D eigenvalue weighted by Gasteiger charge is -2.05. The summed E-state index contributed by atoms with van der Waals surface area (Å²) in [5.74, 6) is 0.945. The minimum Gasteiger partial charge on any atom is -0.494 e. The monoisotopic (exact) mass is 287 g/mol. The molecule has 0 unspecified atom stereocenters. The Morgan fingerprint density at radius 3 is 2.85 bits per heavy atom. The minimum atomic E-state index is 0.945. The molecule has 0 spiro atoms. The van der Waals surface area contributed by atoms with E-state index in [1.165, 1.54) is 8.96 Å². The fourth-order valence-electron chi connectivity index (χ4n) is 1.51. The molecule has 1 N–H and O–H groups in total. The molecule has 0 atom stereocenters. The van der Waals surface area contributed by atoms with Crippen LogP contribution in [0.4, 0.5) is 0 Å². The van der Waals surface area contributed by atoms with Gasteiger partial charge in [0.2, 0.25) is 0 Å². The molecular formula is C10H10INO. The number of rotatable bonds is 1. The fourth-order valence-corrected chi connectivity index (χ4v) is 2.11. The molecule has 0 aliphatic heterocycles. The number of aromatic nitrogens is 1. The van der Waals surface area contributed by atoms with Crippen LogP contribution < -0.4 is 4.74 Å². The lowest BCUT2D eigenvalue weighted by molar-refractivity contribution is 0.416. The van der Waals surface area contributed by atoms with Gasteiger partial charge in [-0.2, -0.15) is 0 Å². The molecule has 0 bridgehead atoms. The van der Waals surface area contributed by atoms with Crippen molar-refractivity contribution in [1.29, 1.82) is 0 Å². The Bertz CT molecular complexity index is 447. The highest BCUT2D eigenvalue weighted by atomic mass is 127. The molecule has 1 heterocycles. The zero-order chi connectivity index (χ0) is 9.42. The first-order valence-electron chi connectivity index (χ1n) is 4.04. The van der Waals surface area contributed by atoms with E-state index >= 15 is 0 Å². The minimum absolute atomic E-state index is 0.945. The standard InChI is InChI=1S/C10H10INO/c1-6-3-4-7-8(11)5-12-9(7)10(6)13-2/h3-5,12H,1-2H3. The third-order valence-corrected chi connectivity index (χ3v) is 3.05. The zero-order valence-electron chi connectivity index (χ0n) is 7.52. The number of halogens is 1. The second-order valence-corrected chi connectivity index (χ2v) is 4.14. The molecule has 1 aromatic carbocycles. The summed E-state index contributed by atoms with van der Waals surface area (Å²) in [6.45, 7) is 2.05. The van der Waals surface area contributed by atoms with Gasteiger partial charge in [-0.1, -0.05) is 12.1 Å². The summed E-state index contributed by atoms with van der Waals surface area (Å²) in [6, 6.07) is 4.20. The van der Waals surface area contributed by atoms with Crippen LogP contribution in [-0.2, 0) is 0 Å². The Hall–Kier alpha value is -0.710. The van der Waals surface area contributed by atoms with Gasteiger partial charge in [0, 0.05) is 15.2 Å². The SMILES string of the molecule is COc1c(C)ccc2c(I)c[nH]c12. The molecular weight excluding hydrogens is 277 g/mol. The first-order valence-corrected chi connectivity index (χ1v) is 5.12. The first kappa shape index (κ1) is 8.87. The molecule has 0 amide bonds. The smallest absolute Gasteiger partial charge is 0.145 e. The van der Waals surface area contributed by atoms with Crippen molar-refractivity contribution in [2.24, 2.45) is 0 Å². The number of ether oxygens (including phenoxy) is 1. The average molecular weight is 287 g/mol. The van der Waals surface area contributed by atoms with E-state index in [9.17, 15) is 0 Å². The molecule has 2 aromatic rings. The Morgan fingerprint density at radius 1 is 1.38 bits per heavy atom. The van der Waals surface area contributed by atoms with Crippen molar-refractivity contribution in [2.45, 2.75) is 6.92 Å². The molecule has 2 nitrogen and oxygen atoms in total. The van der Waals surface area contributed by atoms with Gasteiger partial charge in [-0.3, -0.25) is 0 Å². The zero-order valence-corrected chi connectivity index (χ0v) is 9.68. The molecule has 0 radical (unpaired) electrons. The van der Waals surface area contributed by atoms with E-state index in [0.29, 0.717) is 0 Å². The molecule has 0 aliphatic carbocycles. The van der Waals surface area contributed by atoms with Gasteiger partial charge in [-0.25, -0.2) is 0 Å². The predicted molar refractivity (Wildman–Crippen MR) is 62.3 cm³/mol. The highest BCUT2D eigenvalue weighted by Crippen LogP contribution is 2.30. The van der Waals surface area contributed by atoms with Gasteiger partial charge in [0.25, 0.3) is 0 Å². The molecule has 0 saturated carbocycles. The van der Waals surface area contributed by atoms with Gasteiger partial charge < -0.3 is 9.72 Å². The van der Waals surface area contributed by atoms with Crippen LogP contribution in [0.5, 0.6) is 5.75 Å². The highest BCUT2D eigenvalue weighted by Gasteiger charge is 2.07. The van der Waals surface area contributed by atoms with Crippen LogP contribution in [0.1, 0.15) is 5.56 Å². The third-order valence-electron chi connectivity index (χ3n) is 2.16. The second-order valence-electron chi connectivity index (χ2n) is 2.97. The van der Waals surface area contributed by atoms with Crippen LogP contribution in [0.15, 0.2) is 18.3 Å². The highest BCUT2D eigenvalue weighted by molar-refractivity contribution is 14.1. The summed E-state index contributed by atoms with van der Waals surface area (Å²) in [4.78, 5) is 3.22. The molecule has 68 valence electrons. The first-order chi connectivity index (χ1) is 6.24. The van der Waals surface area contributed by atoms with E-state index in [1.54, 1.807) is 7.11 Å². The quantitative estimate of drug-likeness (QED) is 0.801. The number of H-pyrrole nitrogens is 1. The van der Waals surface area contributed by atoms with E-state index in [-0.39, 0.29) is 0 Å². The number of nitrogens with one attached hydrogen (secondary N) is 1. The van der Waals surface area contributed by atoms with Gasteiger partial charge in [0.15, 0.2) is 0 Å². The predicted octanol–water partition coefficient (Wildman–Crippen LogP) is 3.09. The van der Waals surface area contributed by atoms with Crippen LogP contribution in [0.3, 0.4) is 0 Å². The normalized spacial score (nSPS) is 10.7. The molecule has 0 aliphatic rings. The number of aryl methyl sites for hydroxylation is 1. The van der Waals surface area contributed by atoms with E-state index in [2.05, 4.69) is 39.7 Å². The van der Waals surface area contributed by atoms with Crippen molar-refractivity contribution < 1.29 is 4.74 Å². The molecule has 13 heavy (non-hydrogen) atoms. The molecule has 0 saturated heterocycles. The van der Waals surface area contributed by atoms with Gasteiger partial charge in [0.1, 0.15) is 5.75 Å². The lowest BCUT2D eigenvalue weighted by Crippen LogP contribution is -1.87. The maximum Gasteiger partial charge on any atom is 0.145 e. The van der Waals surface area contributed by atoms with Gasteiger partial charge in [-0.05, 0) is 35.1 Å². The van der Waals surface area contributed by atoms with E-state index < -0.39 is 0 Å². The van der Waals surface area contributed by atoms with E-state index in [4.69, 9.17) is 4.74 Å². The second kappa shape index (κ2) is 3.21. The van der Waals surface area contributed by atoms with E-state index in [0.717, 1.165) is 16.8 Å².